The van der Waals surface area contributed by atoms with Gasteiger partial charge in [0.1, 0.15) is 13.2 Å². The molecule has 0 spiro atoms. The molecule has 0 bridgehead atoms. The number of hydrogen-bond donors (Lipinski definition) is 1. The zero-order valence-electron chi connectivity index (χ0n) is 11.2. The predicted octanol–water partition coefficient (Wildman–Crippen LogP) is 2.04. The molecule has 0 unspecified atom stereocenters. The number of benzene rings is 1. The van der Waals surface area contributed by atoms with E-state index in [1.807, 2.05) is 16.8 Å². The summed E-state index contributed by atoms with van der Waals surface area (Å²) in [6, 6.07) is 6.65. The summed E-state index contributed by atoms with van der Waals surface area (Å²) in [5, 5.41) is 3.99. The third-order valence-electron chi connectivity index (χ3n) is 3.11. The van der Waals surface area contributed by atoms with E-state index in [0.717, 1.165) is 5.56 Å². The molecule has 3 rings (SSSR count). The van der Waals surface area contributed by atoms with E-state index >= 15 is 0 Å². The summed E-state index contributed by atoms with van der Waals surface area (Å²) in [5.41, 5.74) is 1.13. The van der Waals surface area contributed by atoms with Crippen LogP contribution in [0.2, 0.25) is 0 Å². The van der Waals surface area contributed by atoms with Gasteiger partial charge in [-0.3, -0.25) is 0 Å². The van der Waals surface area contributed by atoms with Crippen LogP contribution in [0.1, 0.15) is 5.56 Å². The lowest BCUT2D eigenvalue weighted by Crippen LogP contribution is -2.26. The number of hydrogen-bond acceptors (Lipinski definition) is 5. The van der Waals surface area contributed by atoms with Crippen LogP contribution in [0, 0.1) is 0 Å². The highest BCUT2D eigenvalue weighted by Gasteiger charge is 2.18. The van der Waals surface area contributed by atoms with Crippen LogP contribution < -0.4 is 14.2 Å². The lowest BCUT2D eigenvalue weighted by atomic mass is 10.2. The summed E-state index contributed by atoms with van der Waals surface area (Å²) in [6.07, 6.45) is 0.674. The number of nitrogens with one attached hydrogen (secondary N) is 1. The fraction of sp³-hybridized carbons (Fsp3) is 0.286. The molecular formula is C14H15NO4S2. The third kappa shape index (κ3) is 3.37. The molecule has 5 nitrogen and oxygen atoms in total. The molecule has 0 radical (unpaired) electrons. The van der Waals surface area contributed by atoms with Gasteiger partial charge >= 0.3 is 0 Å². The molecule has 0 amide bonds. The minimum Gasteiger partial charge on any atom is -0.486 e. The van der Waals surface area contributed by atoms with Crippen molar-refractivity contribution in [3.05, 3.63) is 40.6 Å². The quantitative estimate of drug-likeness (QED) is 0.914. The standard InChI is InChI=1S/C14H15NO4S2/c16-21(17,15-5-3-11-4-8-20-10-11)12-1-2-13-14(9-12)19-7-6-18-13/h1-2,4,8-10,15H,3,5-7H2. The summed E-state index contributed by atoms with van der Waals surface area (Å²) in [7, 11) is -3.53. The van der Waals surface area contributed by atoms with Crippen molar-refractivity contribution in [1.82, 2.24) is 4.72 Å². The highest BCUT2D eigenvalue weighted by atomic mass is 32.2. The summed E-state index contributed by atoms with van der Waals surface area (Å²) >= 11 is 1.60. The molecule has 7 heteroatoms. The van der Waals surface area contributed by atoms with Gasteiger partial charge < -0.3 is 9.47 Å². The molecule has 1 aliphatic rings. The highest BCUT2D eigenvalue weighted by molar-refractivity contribution is 7.89. The topological polar surface area (TPSA) is 64.6 Å². The van der Waals surface area contributed by atoms with Gasteiger partial charge in [-0.25, -0.2) is 13.1 Å². The van der Waals surface area contributed by atoms with E-state index in [4.69, 9.17) is 9.47 Å². The van der Waals surface area contributed by atoms with Crippen molar-refractivity contribution in [1.29, 1.82) is 0 Å². The Kier molecular flexibility index (Phi) is 4.14. The van der Waals surface area contributed by atoms with E-state index in [2.05, 4.69) is 4.72 Å². The molecule has 112 valence electrons. The molecule has 1 aromatic heterocycles. The first-order valence-electron chi connectivity index (χ1n) is 6.55. The zero-order chi connectivity index (χ0) is 14.7. The van der Waals surface area contributed by atoms with Crippen LogP contribution in [0.5, 0.6) is 11.5 Å². The fourth-order valence-corrected chi connectivity index (χ4v) is 3.79. The van der Waals surface area contributed by atoms with E-state index in [9.17, 15) is 8.42 Å². The lowest BCUT2D eigenvalue weighted by Gasteiger charge is -2.18. The number of rotatable bonds is 5. The molecule has 0 atom stereocenters. The highest BCUT2D eigenvalue weighted by Crippen LogP contribution is 2.32. The smallest absolute Gasteiger partial charge is 0.240 e. The second-order valence-corrected chi connectivity index (χ2v) is 7.13. The van der Waals surface area contributed by atoms with Gasteiger partial charge in [0.25, 0.3) is 0 Å². The maximum Gasteiger partial charge on any atom is 0.240 e. The van der Waals surface area contributed by atoms with Crippen molar-refractivity contribution < 1.29 is 17.9 Å². The van der Waals surface area contributed by atoms with Crippen LogP contribution in [0.4, 0.5) is 0 Å². The summed E-state index contributed by atoms with van der Waals surface area (Å²) in [4.78, 5) is 0.192. The third-order valence-corrected chi connectivity index (χ3v) is 5.30. The average molecular weight is 325 g/mol. The van der Waals surface area contributed by atoms with Crippen LogP contribution in [0.3, 0.4) is 0 Å². The van der Waals surface area contributed by atoms with Crippen molar-refractivity contribution in [3.63, 3.8) is 0 Å². The van der Waals surface area contributed by atoms with Gasteiger partial charge in [-0.1, -0.05) is 0 Å². The Bertz CT molecular complexity index is 711. The molecule has 0 saturated heterocycles. The Morgan fingerprint density at radius 1 is 1.14 bits per heavy atom. The maximum absolute atomic E-state index is 12.2. The Balaban J connectivity index is 1.69. The largest absolute Gasteiger partial charge is 0.486 e. The Morgan fingerprint density at radius 2 is 1.95 bits per heavy atom. The van der Waals surface area contributed by atoms with Gasteiger partial charge in [-0.15, -0.1) is 0 Å². The molecule has 1 aliphatic heterocycles. The second kappa shape index (κ2) is 6.05. The van der Waals surface area contributed by atoms with Crippen molar-refractivity contribution in [2.45, 2.75) is 11.3 Å². The van der Waals surface area contributed by atoms with Crippen molar-refractivity contribution in [2.24, 2.45) is 0 Å². The molecule has 1 aromatic carbocycles. The van der Waals surface area contributed by atoms with Crippen LogP contribution in [-0.2, 0) is 16.4 Å². The van der Waals surface area contributed by atoms with Crippen LogP contribution in [0.25, 0.3) is 0 Å². The molecule has 0 saturated carbocycles. The monoisotopic (exact) mass is 325 g/mol. The molecule has 21 heavy (non-hydrogen) atoms. The first-order valence-corrected chi connectivity index (χ1v) is 8.98. The Labute approximate surface area is 127 Å². The number of fused-ring (bicyclic) bond motifs is 1. The zero-order valence-corrected chi connectivity index (χ0v) is 12.9. The summed E-state index contributed by atoms with van der Waals surface area (Å²) < 4.78 is 37.9. The summed E-state index contributed by atoms with van der Waals surface area (Å²) in [6.45, 7) is 1.29. The second-order valence-electron chi connectivity index (χ2n) is 4.58. The Morgan fingerprint density at radius 3 is 2.71 bits per heavy atom. The van der Waals surface area contributed by atoms with E-state index in [0.29, 0.717) is 37.7 Å². The average Bonchev–Trinajstić information content (AvgIpc) is 3.00. The molecule has 0 aliphatic carbocycles. The van der Waals surface area contributed by atoms with E-state index in [1.54, 1.807) is 17.4 Å². The minimum atomic E-state index is -3.53. The van der Waals surface area contributed by atoms with Gasteiger partial charge in [0.15, 0.2) is 11.5 Å². The normalized spacial score (nSPS) is 14.1. The molecule has 0 fully saturated rings. The minimum absolute atomic E-state index is 0.192. The van der Waals surface area contributed by atoms with Crippen LogP contribution in [-0.4, -0.2) is 28.2 Å². The number of thiophene rings is 1. The van der Waals surface area contributed by atoms with Crippen molar-refractivity contribution in [2.75, 3.05) is 19.8 Å². The predicted molar refractivity (Wildman–Crippen MR) is 80.6 cm³/mol. The van der Waals surface area contributed by atoms with Gasteiger partial charge in [-0.2, -0.15) is 11.3 Å². The SMILES string of the molecule is O=S(=O)(NCCc1ccsc1)c1ccc2c(c1)OCCO2. The lowest BCUT2D eigenvalue weighted by molar-refractivity contribution is 0.171. The van der Waals surface area contributed by atoms with Crippen LogP contribution in [0.15, 0.2) is 39.9 Å². The molecular weight excluding hydrogens is 310 g/mol. The maximum atomic E-state index is 12.2. The van der Waals surface area contributed by atoms with Gasteiger partial charge in [-0.05, 0) is 40.9 Å². The summed E-state index contributed by atoms with van der Waals surface area (Å²) in [5.74, 6) is 1.06. The van der Waals surface area contributed by atoms with E-state index in [1.165, 1.54) is 12.1 Å². The first-order chi connectivity index (χ1) is 10.1. The number of ether oxygens (including phenoxy) is 2. The van der Waals surface area contributed by atoms with Crippen LogP contribution >= 0.6 is 11.3 Å². The van der Waals surface area contributed by atoms with Crippen molar-refractivity contribution >= 4 is 21.4 Å². The van der Waals surface area contributed by atoms with Gasteiger partial charge in [0.05, 0.1) is 4.90 Å². The van der Waals surface area contributed by atoms with E-state index < -0.39 is 10.0 Å². The van der Waals surface area contributed by atoms with Gasteiger partial charge in [0, 0.05) is 12.6 Å². The molecule has 2 heterocycles. The van der Waals surface area contributed by atoms with Gasteiger partial charge in [0.2, 0.25) is 10.0 Å². The number of sulfonamides is 1. The van der Waals surface area contributed by atoms with Crippen molar-refractivity contribution in [3.8, 4) is 11.5 Å². The Hall–Kier alpha value is -1.57. The molecule has 2 aromatic rings. The first kappa shape index (κ1) is 14.4. The molecule has 1 N–H and O–H groups in total. The fourth-order valence-electron chi connectivity index (χ4n) is 2.04. The van der Waals surface area contributed by atoms with E-state index in [-0.39, 0.29) is 4.90 Å².